The van der Waals surface area contributed by atoms with Gasteiger partial charge in [-0.25, -0.2) is 9.59 Å². The Morgan fingerprint density at radius 1 is 1.00 bits per heavy atom. The van der Waals surface area contributed by atoms with E-state index < -0.39 is 24.8 Å². The van der Waals surface area contributed by atoms with Gasteiger partial charge in [0.15, 0.2) is 0 Å². The lowest BCUT2D eigenvalue weighted by Crippen LogP contribution is -2.38. The third kappa shape index (κ3) is 6.77. The fraction of sp³-hybridized carbons (Fsp3) is 0.375. The van der Waals surface area contributed by atoms with E-state index >= 15 is 0 Å². The van der Waals surface area contributed by atoms with Crippen LogP contribution >= 0.6 is 0 Å². The first kappa shape index (κ1) is 24.2. The number of benzene rings is 2. The topological polar surface area (TPSA) is 123 Å². The highest BCUT2D eigenvalue weighted by Crippen LogP contribution is 2.44. The minimum Gasteiger partial charge on any atom is -0.480 e. The van der Waals surface area contributed by atoms with Gasteiger partial charge in [0.05, 0.1) is 19.1 Å². The maximum Gasteiger partial charge on any atom is 0.407 e. The van der Waals surface area contributed by atoms with Crippen LogP contribution in [-0.2, 0) is 23.8 Å². The van der Waals surface area contributed by atoms with E-state index in [1.807, 2.05) is 36.4 Å². The summed E-state index contributed by atoms with van der Waals surface area (Å²) in [5.41, 5.74) is 4.57. The maximum absolute atomic E-state index is 12.3. The quantitative estimate of drug-likeness (QED) is 0.418. The molecule has 9 nitrogen and oxygen atoms in total. The summed E-state index contributed by atoms with van der Waals surface area (Å²) in [7, 11) is 1.45. The minimum absolute atomic E-state index is 0.0269. The smallest absolute Gasteiger partial charge is 0.407 e. The van der Waals surface area contributed by atoms with E-state index in [0.29, 0.717) is 0 Å². The molecule has 2 aromatic rings. The molecule has 0 radical (unpaired) electrons. The van der Waals surface area contributed by atoms with Crippen molar-refractivity contribution in [2.45, 2.75) is 18.4 Å². The van der Waals surface area contributed by atoms with Crippen LogP contribution < -0.4 is 10.6 Å². The number of amides is 2. The highest BCUT2D eigenvalue weighted by molar-refractivity contribution is 5.79. The molecule has 1 unspecified atom stereocenters. The summed E-state index contributed by atoms with van der Waals surface area (Å²) in [5.74, 6) is -1.40. The van der Waals surface area contributed by atoms with Gasteiger partial charge < -0.3 is 30.0 Å². The Balaban J connectivity index is 1.42. The third-order valence-corrected chi connectivity index (χ3v) is 5.36. The van der Waals surface area contributed by atoms with Crippen LogP contribution in [0.25, 0.3) is 11.1 Å². The molecule has 176 valence electrons. The number of carboxylic acid groups (broad SMARTS) is 1. The van der Waals surface area contributed by atoms with Crippen LogP contribution in [0.5, 0.6) is 0 Å². The molecule has 1 aliphatic carbocycles. The van der Waals surface area contributed by atoms with E-state index in [1.165, 1.54) is 7.11 Å². The molecule has 0 fully saturated rings. The molecule has 3 N–H and O–H groups in total. The van der Waals surface area contributed by atoms with Gasteiger partial charge in [-0.15, -0.1) is 0 Å². The number of hydrogen-bond donors (Lipinski definition) is 3. The van der Waals surface area contributed by atoms with E-state index in [1.54, 1.807) is 0 Å². The number of carboxylic acids is 1. The second-order valence-electron chi connectivity index (χ2n) is 7.56. The number of ether oxygens (including phenoxy) is 3. The van der Waals surface area contributed by atoms with Gasteiger partial charge in [-0.1, -0.05) is 48.5 Å². The number of methoxy groups -OCH3 is 1. The molecule has 0 aliphatic heterocycles. The Morgan fingerprint density at radius 3 is 2.24 bits per heavy atom. The summed E-state index contributed by atoms with van der Waals surface area (Å²) in [6, 6.07) is 16.2. The van der Waals surface area contributed by atoms with E-state index in [0.717, 1.165) is 22.3 Å². The van der Waals surface area contributed by atoms with Gasteiger partial charge in [0.25, 0.3) is 0 Å². The number of aliphatic carboxylic acids is 1. The SMILES string of the molecule is COC(CNC(=O)OCC1c2ccccc2-c2ccccc21)CC(=O)NCCOCC(=O)O. The van der Waals surface area contributed by atoms with Crippen molar-refractivity contribution in [3.63, 3.8) is 0 Å². The summed E-state index contributed by atoms with van der Waals surface area (Å²) in [4.78, 5) is 34.6. The van der Waals surface area contributed by atoms with Gasteiger partial charge >= 0.3 is 12.1 Å². The molecule has 33 heavy (non-hydrogen) atoms. The van der Waals surface area contributed by atoms with Gasteiger partial charge in [-0.05, 0) is 22.3 Å². The monoisotopic (exact) mass is 456 g/mol. The van der Waals surface area contributed by atoms with Crippen LogP contribution in [0.2, 0.25) is 0 Å². The van der Waals surface area contributed by atoms with E-state index in [4.69, 9.17) is 19.3 Å². The Labute approximate surface area is 192 Å². The van der Waals surface area contributed by atoms with Crippen LogP contribution in [0.3, 0.4) is 0 Å². The zero-order valence-electron chi connectivity index (χ0n) is 18.4. The van der Waals surface area contributed by atoms with Gasteiger partial charge in [-0.2, -0.15) is 0 Å². The molecule has 9 heteroatoms. The van der Waals surface area contributed by atoms with Crippen LogP contribution in [0.4, 0.5) is 4.79 Å². The molecule has 0 spiro atoms. The maximum atomic E-state index is 12.3. The van der Waals surface area contributed by atoms with Crippen molar-refractivity contribution in [2.75, 3.05) is 40.0 Å². The molecular formula is C24H28N2O7. The summed E-state index contributed by atoms with van der Waals surface area (Å²) < 4.78 is 15.6. The number of hydrogen-bond acceptors (Lipinski definition) is 6. The first-order valence-electron chi connectivity index (χ1n) is 10.7. The summed E-state index contributed by atoms with van der Waals surface area (Å²) in [5, 5.41) is 13.7. The molecule has 0 saturated heterocycles. The highest BCUT2D eigenvalue weighted by Gasteiger charge is 2.29. The highest BCUT2D eigenvalue weighted by atomic mass is 16.5. The average molecular weight is 456 g/mol. The van der Waals surface area contributed by atoms with E-state index in [-0.39, 0.29) is 44.5 Å². The molecule has 3 rings (SSSR count). The van der Waals surface area contributed by atoms with Crippen molar-refractivity contribution in [3.8, 4) is 11.1 Å². The third-order valence-electron chi connectivity index (χ3n) is 5.36. The number of nitrogens with one attached hydrogen (secondary N) is 2. The van der Waals surface area contributed by atoms with Crippen molar-refractivity contribution in [2.24, 2.45) is 0 Å². The zero-order chi connectivity index (χ0) is 23.6. The molecule has 0 saturated carbocycles. The zero-order valence-corrected chi connectivity index (χ0v) is 18.4. The van der Waals surface area contributed by atoms with Gasteiger partial charge in [-0.3, -0.25) is 4.79 Å². The molecule has 1 aliphatic rings. The Kier molecular flexibility index (Phi) is 8.79. The van der Waals surface area contributed by atoms with Crippen molar-refractivity contribution >= 4 is 18.0 Å². The molecule has 2 aromatic carbocycles. The van der Waals surface area contributed by atoms with Crippen molar-refractivity contribution in [3.05, 3.63) is 59.7 Å². The van der Waals surface area contributed by atoms with E-state index in [9.17, 15) is 14.4 Å². The second-order valence-corrected chi connectivity index (χ2v) is 7.56. The first-order valence-corrected chi connectivity index (χ1v) is 10.7. The van der Waals surface area contributed by atoms with Crippen LogP contribution in [0, 0.1) is 0 Å². The normalized spacial score (nSPS) is 13.0. The summed E-state index contributed by atoms with van der Waals surface area (Å²) in [6.45, 7) is 0.168. The largest absolute Gasteiger partial charge is 0.480 e. The van der Waals surface area contributed by atoms with Crippen LogP contribution in [0.1, 0.15) is 23.5 Å². The standard InChI is InChI=1S/C24H28N2O7/c1-31-16(12-22(27)25-10-11-32-15-23(28)29)13-26-24(30)33-14-21-19-8-4-2-6-17(19)18-7-3-5-9-20(18)21/h2-9,16,21H,10-15H2,1H3,(H,25,27)(H,26,30)(H,28,29). The average Bonchev–Trinajstić information content (AvgIpc) is 3.13. The number of alkyl carbamates (subject to hydrolysis) is 1. The van der Waals surface area contributed by atoms with Crippen molar-refractivity contribution in [1.29, 1.82) is 0 Å². The lowest BCUT2D eigenvalue weighted by atomic mass is 9.98. The lowest BCUT2D eigenvalue weighted by molar-refractivity contribution is -0.142. The van der Waals surface area contributed by atoms with Gasteiger partial charge in [0.1, 0.15) is 13.2 Å². The predicted octanol–water partition coefficient (Wildman–Crippen LogP) is 2.15. The molecule has 2 amide bonds. The van der Waals surface area contributed by atoms with Crippen LogP contribution in [-0.4, -0.2) is 69.2 Å². The fourth-order valence-corrected chi connectivity index (χ4v) is 3.79. The minimum atomic E-state index is -1.07. The van der Waals surface area contributed by atoms with Crippen molar-refractivity contribution < 1.29 is 33.7 Å². The summed E-state index contributed by atoms with van der Waals surface area (Å²) >= 11 is 0. The van der Waals surface area contributed by atoms with E-state index in [2.05, 4.69) is 22.8 Å². The predicted molar refractivity (Wildman–Crippen MR) is 120 cm³/mol. The number of carbonyl (C=O) groups excluding carboxylic acids is 2. The summed E-state index contributed by atoms with van der Waals surface area (Å²) in [6.07, 6.45) is -1.09. The fourth-order valence-electron chi connectivity index (χ4n) is 3.79. The molecule has 0 heterocycles. The number of rotatable bonds is 12. The van der Waals surface area contributed by atoms with Gasteiger partial charge in [0.2, 0.25) is 5.91 Å². The Morgan fingerprint density at radius 2 is 1.64 bits per heavy atom. The van der Waals surface area contributed by atoms with Crippen molar-refractivity contribution in [1.82, 2.24) is 10.6 Å². The lowest BCUT2D eigenvalue weighted by Gasteiger charge is -2.17. The molecular weight excluding hydrogens is 428 g/mol. The molecule has 1 atom stereocenters. The molecule has 0 aromatic heterocycles. The Hall–Kier alpha value is -3.43. The number of carbonyl (C=O) groups is 3. The Bertz CT molecular complexity index is 933. The number of fused-ring (bicyclic) bond motifs is 3. The first-order chi connectivity index (χ1) is 16.0. The second kappa shape index (κ2) is 12.0. The molecule has 0 bridgehead atoms. The van der Waals surface area contributed by atoms with Crippen LogP contribution in [0.15, 0.2) is 48.5 Å². The van der Waals surface area contributed by atoms with Gasteiger partial charge in [0, 0.05) is 26.1 Å².